The zero-order chi connectivity index (χ0) is 14.8. The number of H-pyrrole nitrogens is 1. The molecule has 0 fully saturated rings. The minimum absolute atomic E-state index is 0.167. The van der Waals surface area contributed by atoms with E-state index in [1.54, 1.807) is 6.07 Å². The molecule has 21 heavy (non-hydrogen) atoms. The van der Waals surface area contributed by atoms with Gasteiger partial charge in [0.15, 0.2) is 0 Å². The number of rotatable bonds is 4. The predicted octanol–water partition coefficient (Wildman–Crippen LogP) is 3.75. The van der Waals surface area contributed by atoms with Crippen molar-refractivity contribution in [1.82, 2.24) is 4.98 Å². The van der Waals surface area contributed by atoms with Crippen LogP contribution >= 0.6 is 0 Å². The number of carboxylic acids is 1. The molecule has 1 heterocycles. The number of carboxylic acid groups (broad SMARTS) is 1. The molecule has 0 bridgehead atoms. The van der Waals surface area contributed by atoms with Crippen molar-refractivity contribution < 1.29 is 14.6 Å². The largest absolute Gasteiger partial charge is 0.488 e. The molecule has 0 unspecified atom stereocenters. The number of hydrogen-bond donors (Lipinski definition) is 2. The van der Waals surface area contributed by atoms with Crippen molar-refractivity contribution in [2.24, 2.45) is 0 Å². The normalized spacial score (nSPS) is 10.7. The second-order valence-electron chi connectivity index (χ2n) is 4.94. The van der Waals surface area contributed by atoms with Crippen LogP contribution in [0.1, 0.15) is 21.6 Å². The van der Waals surface area contributed by atoms with Crippen LogP contribution in [-0.4, -0.2) is 16.1 Å². The van der Waals surface area contributed by atoms with Crippen LogP contribution in [0.2, 0.25) is 0 Å². The van der Waals surface area contributed by atoms with E-state index in [9.17, 15) is 4.79 Å². The predicted molar refractivity (Wildman–Crippen MR) is 80.8 cm³/mol. The lowest BCUT2D eigenvalue weighted by Crippen LogP contribution is -1.97. The summed E-state index contributed by atoms with van der Waals surface area (Å²) in [4.78, 5) is 14.0. The zero-order valence-corrected chi connectivity index (χ0v) is 11.6. The number of aromatic amines is 1. The molecule has 106 valence electrons. The SMILES string of the molecule is Cc1ccc2[nH]c(C(=O)O)cc2c1OCc1ccccc1. The highest BCUT2D eigenvalue weighted by Gasteiger charge is 2.13. The average molecular weight is 281 g/mol. The average Bonchev–Trinajstić information content (AvgIpc) is 2.92. The summed E-state index contributed by atoms with van der Waals surface area (Å²) in [5, 5.41) is 9.88. The monoisotopic (exact) mass is 281 g/mol. The van der Waals surface area contributed by atoms with Crippen LogP contribution in [0.4, 0.5) is 0 Å². The van der Waals surface area contributed by atoms with Gasteiger partial charge in [-0.05, 0) is 30.2 Å². The first-order valence-electron chi connectivity index (χ1n) is 6.67. The lowest BCUT2D eigenvalue weighted by molar-refractivity contribution is 0.0691. The van der Waals surface area contributed by atoms with Gasteiger partial charge in [-0.3, -0.25) is 0 Å². The highest BCUT2D eigenvalue weighted by molar-refractivity contribution is 5.96. The lowest BCUT2D eigenvalue weighted by atomic mass is 10.1. The van der Waals surface area contributed by atoms with E-state index in [4.69, 9.17) is 9.84 Å². The molecule has 0 aliphatic rings. The third-order valence-electron chi connectivity index (χ3n) is 3.41. The topological polar surface area (TPSA) is 62.3 Å². The number of benzene rings is 2. The fourth-order valence-corrected chi connectivity index (χ4v) is 2.32. The van der Waals surface area contributed by atoms with Gasteiger partial charge in [0.1, 0.15) is 18.1 Å². The quantitative estimate of drug-likeness (QED) is 0.765. The first kappa shape index (κ1) is 13.2. The Morgan fingerprint density at radius 1 is 1.19 bits per heavy atom. The first-order valence-corrected chi connectivity index (χ1v) is 6.67. The Labute approximate surface area is 122 Å². The van der Waals surface area contributed by atoms with E-state index in [1.807, 2.05) is 49.4 Å². The van der Waals surface area contributed by atoms with Crippen molar-refractivity contribution >= 4 is 16.9 Å². The first-order chi connectivity index (χ1) is 10.1. The molecule has 0 spiro atoms. The second-order valence-corrected chi connectivity index (χ2v) is 4.94. The molecular formula is C17H15NO3. The molecule has 2 aromatic carbocycles. The van der Waals surface area contributed by atoms with E-state index >= 15 is 0 Å². The van der Waals surface area contributed by atoms with Crippen LogP contribution in [0, 0.1) is 6.92 Å². The summed E-state index contributed by atoms with van der Waals surface area (Å²) in [5.74, 6) is -0.252. The maximum Gasteiger partial charge on any atom is 0.352 e. The highest BCUT2D eigenvalue weighted by atomic mass is 16.5. The summed E-state index contributed by atoms with van der Waals surface area (Å²) in [5.41, 5.74) is 2.98. The standard InChI is InChI=1S/C17H15NO3/c1-11-7-8-14-13(9-15(18-14)17(19)20)16(11)21-10-12-5-3-2-4-6-12/h2-9,18H,10H2,1H3,(H,19,20). The maximum absolute atomic E-state index is 11.1. The summed E-state index contributed by atoms with van der Waals surface area (Å²) in [6.45, 7) is 2.40. The molecule has 3 aromatic rings. The Bertz CT molecular complexity index is 790. The van der Waals surface area contributed by atoms with Gasteiger partial charge < -0.3 is 14.8 Å². The van der Waals surface area contributed by atoms with Gasteiger partial charge in [0.25, 0.3) is 0 Å². The van der Waals surface area contributed by atoms with E-state index in [1.165, 1.54) is 0 Å². The number of aryl methyl sites for hydroxylation is 1. The molecule has 0 radical (unpaired) electrons. The van der Waals surface area contributed by atoms with E-state index in [2.05, 4.69) is 4.98 Å². The minimum atomic E-state index is -0.974. The molecule has 2 N–H and O–H groups in total. The number of nitrogens with one attached hydrogen (secondary N) is 1. The van der Waals surface area contributed by atoms with E-state index in [0.29, 0.717) is 6.61 Å². The molecule has 4 nitrogen and oxygen atoms in total. The summed E-state index contributed by atoms with van der Waals surface area (Å²) < 4.78 is 5.92. The molecule has 0 saturated heterocycles. The van der Waals surface area contributed by atoms with Crippen molar-refractivity contribution in [2.45, 2.75) is 13.5 Å². The number of hydrogen-bond acceptors (Lipinski definition) is 2. The molecule has 3 rings (SSSR count). The minimum Gasteiger partial charge on any atom is -0.488 e. The van der Waals surface area contributed by atoms with Crippen LogP contribution in [0.25, 0.3) is 10.9 Å². The van der Waals surface area contributed by atoms with Gasteiger partial charge in [-0.25, -0.2) is 4.79 Å². The number of ether oxygens (including phenoxy) is 1. The molecule has 0 atom stereocenters. The smallest absolute Gasteiger partial charge is 0.352 e. The fraction of sp³-hybridized carbons (Fsp3) is 0.118. The third-order valence-corrected chi connectivity index (χ3v) is 3.41. The van der Waals surface area contributed by atoms with Crippen molar-refractivity contribution in [2.75, 3.05) is 0 Å². The van der Waals surface area contributed by atoms with Crippen LogP contribution in [0.15, 0.2) is 48.5 Å². The van der Waals surface area contributed by atoms with Crippen LogP contribution in [-0.2, 0) is 6.61 Å². The number of aromatic nitrogens is 1. The molecule has 0 aliphatic carbocycles. The number of carbonyl (C=O) groups is 1. The Hall–Kier alpha value is -2.75. The summed E-state index contributed by atoms with van der Waals surface area (Å²) in [7, 11) is 0. The second kappa shape index (κ2) is 5.32. The van der Waals surface area contributed by atoms with Gasteiger partial charge in [-0.15, -0.1) is 0 Å². The molecular weight excluding hydrogens is 266 g/mol. The van der Waals surface area contributed by atoms with Gasteiger partial charge in [0, 0.05) is 10.9 Å². The van der Waals surface area contributed by atoms with Gasteiger partial charge >= 0.3 is 5.97 Å². The Morgan fingerprint density at radius 3 is 2.67 bits per heavy atom. The number of aromatic carboxylic acids is 1. The van der Waals surface area contributed by atoms with Gasteiger partial charge in [0.2, 0.25) is 0 Å². The highest BCUT2D eigenvalue weighted by Crippen LogP contribution is 2.30. The van der Waals surface area contributed by atoms with E-state index in [-0.39, 0.29) is 5.69 Å². The van der Waals surface area contributed by atoms with Crippen molar-refractivity contribution in [3.63, 3.8) is 0 Å². The van der Waals surface area contributed by atoms with Crippen molar-refractivity contribution in [3.8, 4) is 5.75 Å². The van der Waals surface area contributed by atoms with Gasteiger partial charge in [-0.2, -0.15) is 0 Å². The lowest BCUT2D eigenvalue weighted by Gasteiger charge is -2.10. The Kier molecular flexibility index (Phi) is 3.36. The summed E-state index contributed by atoms with van der Waals surface area (Å²) in [6.07, 6.45) is 0. The maximum atomic E-state index is 11.1. The number of fused-ring (bicyclic) bond motifs is 1. The van der Waals surface area contributed by atoms with Crippen molar-refractivity contribution in [3.05, 3.63) is 65.4 Å². The van der Waals surface area contributed by atoms with Gasteiger partial charge in [-0.1, -0.05) is 36.4 Å². The molecule has 4 heteroatoms. The third kappa shape index (κ3) is 2.60. The van der Waals surface area contributed by atoms with E-state index < -0.39 is 5.97 Å². The van der Waals surface area contributed by atoms with Crippen LogP contribution in [0.3, 0.4) is 0 Å². The van der Waals surface area contributed by atoms with Crippen LogP contribution < -0.4 is 4.74 Å². The zero-order valence-electron chi connectivity index (χ0n) is 11.6. The van der Waals surface area contributed by atoms with E-state index in [0.717, 1.165) is 27.8 Å². The summed E-state index contributed by atoms with van der Waals surface area (Å²) >= 11 is 0. The summed E-state index contributed by atoms with van der Waals surface area (Å²) in [6, 6.07) is 15.3. The molecule has 1 aromatic heterocycles. The van der Waals surface area contributed by atoms with Crippen LogP contribution in [0.5, 0.6) is 5.75 Å². The fourth-order valence-electron chi connectivity index (χ4n) is 2.32. The molecule has 0 saturated carbocycles. The molecule has 0 aliphatic heterocycles. The Balaban J connectivity index is 1.96. The van der Waals surface area contributed by atoms with Crippen molar-refractivity contribution in [1.29, 1.82) is 0 Å². The molecule has 0 amide bonds. The van der Waals surface area contributed by atoms with Gasteiger partial charge in [0.05, 0.1) is 0 Å². The Morgan fingerprint density at radius 2 is 1.95 bits per heavy atom.